The summed E-state index contributed by atoms with van der Waals surface area (Å²) in [5.41, 5.74) is 3.68. The molecule has 5 nitrogen and oxygen atoms in total. The standard InChI is InChI=1S/C22H32F3N3O2/c1-3-4-5-6-7-8-9-10-11-12-20(29)28-27-17(2)18-13-15-19(16-14-18)26-21(30)22(23,24)25/h13-16H,3-12H2,1-2H3,(H,26,30)(H,28,29). The third kappa shape index (κ3) is 11.0. The first-order chi connectivity index (χ1) is 14.2. The normalized spacial score (nSPS) is 12.0. The molecule has 0 fully saturated rings. The number of rotatable bonds is 13. The molecule has 0 aliphatic rings. The molecular weight excluding hydrogens is 395 g/mol. The summed E-state index contributed by atoms with van der Waals surface area (Å²) in [5.74, 6) is -2.18. The molecule has 0 bridgehead atoms. The number of hydrogen-bond acceptors (Lipinski definition) is 3. The lowest BCUT2D eigenvalue weighted by Crippen LogP contribution is -2.29. The van der Waals surface area contributed by atoms with E-state index in [0.717, 1.165) is 19.3 Å². The van der Waals surface area contributed by atoms with Crippen LogP contribution in [0.3, 0.4) is 0 Å². The molecule has 0 aliphatic carbocycles. The highest BCUT2D eigenvalue weighted by Crippen LogP contribution is 2.18. The van der Waals surface area contributed by atoms with E-state index in [2.05, 4.69) is 17.5 Å². The Morgan fingerprint density at radius 2 is 1.43 bits per heavy atom. The molecule has 8 heteroatoms. The summed E-state index contributed by atoms with van der Waals surface area (Å²) in [6.45, 7) is 3.89. The van der Waals surface area contributed by atoms with E-state index in [-0.39, 0.29) is 11.6 Å². The van der Waals surface area contributed by atoms with E-state index in [1.165, 1.54) is 62.8 Å². The predicted molar refractivity (Wildman–Crippen MR) is 113 cm³/mol. The molecular formula is C22H32F3N3O2. The van der Waals surface area contributed by atoms with Gasteiger partial charge in [0.25, 0.3) is 0 Å². The lowest BCUT2D eigenvalue weighted by atomic mass is 10.1. The van der Waals surface area contributed by atoms with E-state index in [9.17, 15) is 22.8 Å². The molecule has 1 rings (SSSR count). The Labute approximate surface area is 176 Å². The van der Waals surface area contributed by atoms with Gasteiger partial charge in [0.05, 0.1) is 5.71 Å². The van der Waals surface area contributed by atoms with Gasteiger partial charge in [0.15, 0.2) is 0 Å². The number of benzene rings is 1. The Kier molecular flexibility index (Phi) is 11.8. The number of carbonyl (C=O) groups is 2. The zero-order valence-corrected chi connectivity index (χ0v) is 17.8. The van der Waals surface area contributed by atoms with Gasteiger partial charge >= 0.3 is 12.1 Å². The van der Waals surface area contributed by atoms with E-state index in [4.69, 9.17) is 0 Å². The van der Waals surface area contributed by atoms with Crippen LogP contribution in [-0.2, 0) is 9.59 Å². The van der Waals surface area contributed by atoms with E-state index < -0.39 is 12.1 Å². The van der Waals surface area contributed by atoms with Gasteiger partial charge in [-0.25, -0.2) is 5.43 Å². The molecule has 168 valence electrons. The summed E-state index contributed by atoms with van der Waals surface area (Å²) in [6.07, 6.45) is 6.08. The van der Waals surface area contributed by atoms with Gasteiger partial charge < -0.3 is 5.32 Å². The first kappa shape index (κ1) is 25.7. The van der Waals surface area contributed by atoms with Gasteiger partial charge in [-0.1, -0.05) is 70.4 Å². The van der Waals surface area contributed by atoms with Gasteiger partial charge in [-0.2, -0.15) is 18.3 Å². The summed E-state index contributed by atoms with van der Waals surface area (Å²) in [7, 11) is 0. The maximum atomic E-state index is 12.3. The average Bonchev–Trinajstić information content (AvgIpc) is 2.70. The molecule has 0 saturated carbocycles. The highest BCUT2D eigenvalue weighted by atomic mass is 19.4. The van der Waals surface area contributed by atoms with Crippen molar-refractivity contribution in [2.45, 2.75) is 84.2 Å². The first-order valence-corrected chi connectivity index (χ1v) is 10.6. The number of amides is 2. The number of hydrogen-bond donors (Lipinski definition) is 2. The zero-order chi connectivity index (χ0) is 22.4. The average molecular weight is 428 g/mol. The van der Waals surface area contributed by atoms with Crippen molar-refractivity contribution in [2.24, 2.45) is 5.10 Å². The molecule has 2 N–H and O–H groups in total. The largest absolute Gasteiger partial charge is 0.471 e. The highest BCUT2D eigenvalue weighted by molar-refractivity contribution is 6.00. The van der Waals surface area contributed by atoms with Gasteiger partial charge in [0, 0.05) is 12.1 Å². The maximum absolute atomic E-state index is 12.3. The highest BCUT2D eigenvalue weighted by Gasteiger charge is 2.38. The summed E-state index contributed by atoms with van der Waals surface area (Å²) >= 11 is 0. The van der Waals surface area contributed by atoms with Gasteiger partial charge in [0.1, 0.15) is 0 Å². The number of hydrazone groups is 1. The SMILES string of the molecule is CCCCCCCCCCCC(=O)NN=C(C)c1ccc(NC(=O)C(F)(F)F)cc1. The van der Waals surface area contributed by atoms with Crippen LogP contribution in [0.1, 0.15) is 83.6 Å². The Balaban J connectivity index is 2.29. The van der Waals surface area contributed by atoms with Crippen molar-refractivity contribution >= 4 is 23.2 Å². The minimum atomic E-state index is -4.94. The van der Waals surface area contributed by atoms with Crippen LogP contribution in [-0.4, -0.2) is 23.7 Å². The van der Waals surface area contributed by atoms with Gasteiger partial charge in [0.2, 0.25) is 5.91 Å². The third-order valence-corrected chi connectivity index (χ3v) is 4.67. The van der Waals surface area contributed by atoms with E-state index >= 15 is 0 Å². The maximum Gasteiger partial charge on any atom is 0.471 e. The molecule has 0 atom stereocenters. The van der Waals surface area contributed by atoms with Crippen molar-refractivity contribution in [3.63, 3.8) is 0 Å². The van der Waals surface area contributed by atoms with Crippen molar-refractivity contribution in [1.82, 2.24) is 5.43 Å². The molecule has 0 aliphatic heterocycles. The molecule has 0 saturated heterocycles. The fraction of sp³-hybridized carbons (Fsp3) is 0.591. The monoisotopic (exact) mass is 427 g/mol. The van der Waals surface area contributed by atoms with Crippen LogP contribution in [0.25, 0.3) is 0 Å². The van der Waals surface area contributed by atoms with E-state index in [1.54, 1.807) is 12.2 Å². The number of unbranched alkanes of at least 4 members (excludes halogenated alkanes) is 8. The lowest BCUT2D eigenvalue weighted by molar-refractivity contribution is -0.167. The minimum Gasteiger partial charge on any atom is -0.318 e. The van der Waals surface area contributed by atoms with Gasteiger partial charge in [-0.05, 0) is 31.0 Å². The molecule has 0 spiro atoms. The molecule has 0 unspecified atom stereocenters. The second-order valence-electron chi connectivity index (χ2n) is 7.34. The van der Waals surface area contributed by atoms with Crippen LogP contribution in [0.2, 0.25) is 0 Å². The topological polar surface area (TPSA) is 70.6 Å². The minimum absolute atomic E-state index is 0.0308. The molecule has 0 aromatic heterocycles. The summed E-state index contributed by atoms with van der Waals surface area (Å²) in [6, 6.07) is 5.75. The molecule has 30 heavy (non-hydrogen) atoms. The van der Waals surface area contributed by atoms with Crippen LogP contribution < -0.4 is 10.7 Å². The molecule has 0 heterocycles. The number of carbonyl (C=O) groups excluding carboxylic acids is 2. The van der Waals surface area contributed by atoms with Crippen molar-refractivity contribution < 1.29 is 22.8 Å². The fourth-order valence-corrected chi connectivity index (χ4v) is 2.86. The lowest BCUT2D eigenvalue weighted by Gasteiger charge is -2.08. The van der Waals surface area contributed by atoms with Gasteiger partial charge in [-0.3, -0.25) is 9.59 Å². The van der Waals surface area contributed by atoms with Crippen molar-refractivity contribution in [3.05, 3.63) is 29.8 Å². The summed E-state index contributed by atoms with van der Waals surface area (Å²) in [5, 5.41) is 5.81. The number of nitrogens with one attached hydrogen (secondary N) is 2. The number of anilines is 1. The molecule has 2 amide bonds. The zero-order valence-electron chi connectivity index (χ0n) is 17.8. The second kappa shape index (κ2) is 13.8. The summed E-state index contributed by atoms with van der Waals surface area (Å²) in [4.78, 5) is 22.8. The third-order valence-electron chi connectivity index (χ3n) is 4.67. The predicted octanol–water partition coefficient (Wildman–Crippen LogP) is 5.95. The van der Waals surface area contributed by atoms with Crippen molar-refractivity contribution in [1.29, 1.82) is 0 Å². The Hall–Kier alpha value is -2.38. The quantitative estimate of drug-likeness (QED) is 0.232. The Morgan fingerprint density at radius 1 is 0.900 bits per heavy atom. The van der Waals surface area contributed by atoms with Crippen LogP contribution in [0.5, 0.6) is 0 Å². The number of halogens is 3. The first-order valence-electron chi connectivity index (χ1n) is 10.6. The Bertz CT molecular complexity index is 686. The molecule has 1 aromatic rings. The van der Waals surface area contributed by atoms with Crippen LogP contribution >= 0.6 is 0 Å². The molecule has 0 radical (unpaired) electrons. The fourth-order valence-electron chi connectivity index (χ4n) is 2.86. The van der Waals surface area contributed by atoms with Crippen molar-refractivity contribution in [3.8, 4) is 0 Å². The summed E-state index contributed by atoms with van der Waals surface area (Å²) < 4.78 is 36.8. The van der Waals surface area contributed by atoms with Crippen molar-refractivity contribution in [2.75, 3.05) is 5.32 Å². The van der Waals surface area contributed by atoms with Gasteiger partial charge in [-0.15, -0.1) is 0 Å². The molecule has 1 aromatic carbocycles. The van der Waals surface area contributed by atoms with Crippen LogP contribution in [0.15, 0.2) is 29.4 Å². The van der Waals surface area contributed by atoms with Crippen LogP contribution in [0.4, 0.5) is 18.9 Å². The van der Waals surface area contributed by atoms with E-state index in [1.807, 2.05) is 0 Å². The number of nitrogens with zero attached hydrogens (tertiary/aromatic N) is 1. The number of alkyl halides is 3. The second-order valence-corrected chi connectivity index (χ2v) is 7.34. The smallest absolute Gasteiger partial charge is 0.318 e. The van der Waals surface area contributed by atoms with E-state index in [0.29, 0.717) is 17.7 Å². The Morgan fingerprint density at radius 3 is 1.97 bits per heavy atom. The van der Waals surface area contributed by atoms with Crippen LogP contribution in [0, 0.1) is 0 Å².